The molecule has 1 aliphatic heterocycles. The number of amides is 2. The lowest BCUT2D eigenvalue weighted by Gasteiger charge is -2.30. The number of hydrogen-bond acceptors (Lipinski definition) is 3. The molecule has 0 saturated heterocycles. The van der Waals surface area contributed by atoms with Crippen molar-refractivity contribution in [2.45, 2.75) is 19.0 Å². The predicted molar refractivity (Wildman–Crippen MR) is 95.3 cm³/mol. The number of carbonyl (C=O) groups excluding carboxylic acids is 2. The van der Waals surface area contributed by atoms with E-state index in [0.717, 1.165) is 48.4 Å². The van der Waals surface area contributed by atoms with Gasteiger partial charge < -0.3 is 16.0 Å². The van der Waals surface area contributed by atoms with E-state index in [9.17, 15) is 22.8 Å². The van der Waals surface area contributed by atoms with Gasteiger partial charge in [-0.1, -0.05) is 6.07 Å². The molecule has 1 heterocycles. The van der Waals surface area contributed by atoms with Crippen molar-refractivity contribution in [3.8, 4) is 0 Å². The summed E-state index contributed by atoms with van der Waals surface area (Å²) in [6.07, 6.45) is -2.92. The van der Waals surface area contributed by atoms with Crippen LogP contribution in [0.1, 0.15) is 27.9 Å². The zero-order valence-electron chi connectivity index (χ0n) is 14.3. The summed E-state index contributed by atoms with van der Waals surface area (Å²) in [4.78, 5) is 26.2. The molecule has 5 nitrogen and oxygen atoms in total. The van der Waals surface area contributed by atoms with E-state index in [1.807, 2.05) is 0 Å². The summed E-state index contributed by atoms with van der Waals surface area (Å²) in [6.45, 7) is 0.263. The molecule has 0 atom stereocenters. The van der Waals surface area contributed by atoms with E-state index in [-0.39, 0.29) is 18.0 Å². The Bertz CT molecular complexity index is 863. The first-order valence-electron chi connectivity index (χ1n) is 8.40. The standard InChI is InChI=1S/C19H18F3N3O2/c20-19(21,22)13-8-6-12(7-9-13)18(27)24-11-17(26)25-10-2-3-14-15(23)4-1-5-16(14)25/h1,4-9H,2-3,10-11,23H2,(H,24,27). The summed E-state index contributed by atoms with van der Waals surface area (Å²) >= 11 is 0. The van der Waals surface area contributed by atoms with Crippen LogP contribution in [0.15, 0.2) is 42.5 Å². The van der Waals surface area contributed by atoms with E-state index in [2.05, 4.69) is 5.32 Å². The van der Waals surface area contributed by atoms with Crippen LogP contribution in [0.5, 0.6) is 0 Å². The summed E-state index contributed by atoms with van der Waals surface area (Å²) in [6, 6.07) is 9.18. The van der Waals surface area contributed by atoms with Gasteiger partial charge in [-0.05, 0) is 54.8 Å². The molecule has 3 rings (SSSR count). The Balaban J connectivity index is 1.65. The van der Waals surface area contributed by atoms with Gasteiger partial charge >= 0.3 is 6.18 Å². The molecule has 0 saturated carbocycles. The van der Waals surface area contributed by atoms with E-state index in [1.165, 1.54) is 0 Å². The normalized spacial score (nSPS) is 13.8. The van der Waals surface area contributed by atoms with Crippen molar-refractivity contribution >= 4 is 23.2 Å². The fraction of sp³-hybridized carbons (Fsp3) is 0.263. The van der Waals surface area contributed by atoms with Gasteiger partial charge in [-0.3, -0.25) is 9.59 Å². The highest BCUT2D eigenvalue weighted by Gasteiger charge is 2.30. The highest BCUT2D eigenvalue weighted by Crippen LogP contribution is 2.31. The molecular weight excluding hydrogens is 359 g/mol. The van der Waals surface area contributed by atoms with Crippen LogP contribution in [0.2, 0.25) is 0 Å². The number of anilines is 2. The molecule has 0 aliphatic carbocycles. The number of halogens is 3. The Morgan fingerprint density at radius 3 is 2.48 bits per heavy atom. The molecule has 0 bridgehead atoms. The second-order valence-electron chi connectivity index (χ2n) is 6.25. The molecule has 27 heavy (non-hydrogen) atoms. The number of carbonyl (C=O) groups is 2. The lowest BCUT2D eigenvalue weighted by molar-refractivity contribution is -0.137. The third-order valence-electron chi connectivity index (χ3n) is 4.46. The Morgan fingerprint density at radius 2 is 1.81 bits per heavy atom. The predicted octanol–water partition coefficient (Wildman–Crippen LogP) is 3.00. The molecule has 0 fully saturated rings. The van der Waals surface area contributed by atoms with E-state index >= 15 is 0 Å². The Morgan fingerprint density at radius 1 is 1.11 bits per heavy atom. The number of benzene rings is 2. The van der Waals surface area contributed by atoms with E-state index in [0.29, 0.717) is 12.2 Å². The zero-order valence-corrected chi connectivity index (χ0v) is 14.3. The highest BCUT2D eigenvalue weighted by molar-refractivity contribution is 6.01. The maximum absolute atomic E-state index is 12.6. The van der Waals surface area contributed by atoms with E-state index in [4.69, 9.17) is 5.73 Å². The quantitative estimate of drug-likeness (QED) is 0.808. The summed E-state index contributed by atoms with van der Waals surface area (Å²) in [5, 5.41) is 2.46. The molecule has 142 valence electrons. The third-order valence-corrected chi connectivity index (χ3v) is 4.46. The third kappa shape index (κ3) is 4.05. The molecule has 8 heteroatoms. The van der Waals surface area contributed by atoms with Crippen LogP contribution in [-0.2, 0) is 17.4 Å². The molecule has 0 spiro atoms. The minimum atomic E-state index is -4.46. The van der Waals surface area contributed by atoms with Crippen LogP contribution in [0.4, 0.5) is 24.5 Å². The van der Waals surface area contributed by atoms with Crippen LogP contribution in [-0.4, -0.2) is 24.9 Å². The van der Waals surface area contributed by atoms with Crippen LogP contribution < -0.4 is 16.0 Å². The van der Waals surface area contributed by atoms with Gasteiger partial charge in [-0.15, -0.1) is 0 Å². The monoisotopic (exact) mass is 377 g/mol. The number of hydrogen-bond donors (Lipinski definition) is 2. The summed E-state index contributed by atoms with van der Waals surface area (Å²) in [5.74, 6) is -0.913. The Kier molecular flexibility index (Phi) is 5.07. The number of fused-ring (bicyclic) bond motifs is 1. The number of nitrogens with one attached hydrogen (secondary N) is 1. The first-order chi connectivity index (χ1) is 12.8. The summed E-state index contributed by atoms with van der Waals surface area (Å²) < 4.78 is 37.7. The van der Waals surface area contributed by atoms with Crippen molar-refractivity contribution in [2.24, 2.45) is 0 Å². The topological polar surface area (TPSA) is 75.4 Å². The first kappa shape index (κ1) is 18.8. The maximum atomic E-state index is 12.6. The van der Waals surface area contributed by atoms with Gasteiger partial charge in [0.05, 0.1) is 12.1 Å². The van der Waals surface area contributed by atoms with E-state index in [1.54, 1.807) is 23.1 Å². The molecule has 2 aromatic carbocycles. The van der Waals surface area contributed by atoms with Crippen molar-refractivity contribution in [1.29, 1.82) is 0 Å². The second kappa shape index (κ2) is 7.30. The molecule has 0 unspecified atom stereocenters. The van der Waals surface area contributed by atoms with Gasteiger partial charge in [-0.25, -0.2) is 0 Å². The molecule has 1 aliphatic rings. The highest BCUT2D eigenvalue weighted by atomic mass is 19.4. The lowest BCUT2D eigenvalue weighted by atomic mass is 10.00. The van der Waals surface area contributed by atoms with Crippen molar-refractivity contribution < 1.29 is 22.8 Å². The molecular formula is C19H18F3N3O2. The molecule has 0 radical (unpaired) electrons. The summed E-state index contributed by atoms with van der Waals surface area (Å²) in [5.41, 5.74) is 7.44. The van der Waals surface area contributed by atoms with Crippen LogP contribution in [0.3, 0.4) is 0 Å². The number of alkyl halides is 3. The molecule has 2 aromatic rings. The first-order valence-corrected chi connectivity index (χ1v) is 8.40. The Labute approximate surface area is 154 Å². The van der Waals surface area contributed by atoms with Gasteiger partial charge in [0, 0.05) is 23.5 Å². The van der Waals surface area contributed by atoms with Crippen molar-refractivity contribution in [1.82, 2.24) is 5.32 Å². The SMILES string of the molecule is Nc1cccc2c1CCCN2C(=O)CNC(=O)c1ccc(C(F)(F)F)cc1. The summed E-state index contributed by atoms with van der Waals surface area (Å²) in [7, 11) is 0. The van der Waals surface area contributed by atoms with Crippen molar-refractivity contribution in [3.05, 3.63) is 59.2 Å². The van der Waals surface area contributed by atoms with Crippen molar-refractivity contribution in [3.63, 3.8) is 0 Å². The van der Waals surface area contributed by atoms with Crippen LogP contribution >= 0.6 is 0 Å². The maximum Gasteiger partial charge on any atom is 0.416 e. The fourth-order valence-corrected chi connectivity index (χ4v) is 3.07. The second-order valence-corrected chi connectivity index (χ2v) is 6.25. The lowest BCUT2D eigenvalue weighted by Crippen LogP contribution is -2.42. The fourth-order valence-electron chi connectivity index (χ4n) is 3.07. The van der Waals surface area contributed by atoms with Crippen LogP contribution in [0.25, 0.3) is 0 Å². The molecule has 2 amide bonds. The Hall–Kier alpha value is -3.03. The van der Waals surface area contributed by atoms with Gasteiger partial charge in [-0.2, -0.15) is 13.2 Å². The number of nitrogens with zero attached hydrogens (tertiary/aromatic N) is 1. The van der Waals surface area contributed by atoms with E-state index < -0.39 is 17.6 Å². The number of nitrogen functional groups attached to an aromatic ring is 1. The molecule has 0 aromatic heterocycles. The van der Waals surface area contributed by atoms with Gasteiger partial charge in [0.1, 0.15) is 0 Å². The van der Waals surface area contributed by atoms with Gasteiger partial charge in [0.25, 0.3) is 5.91 Å². The zero-order chi connectivity index (χ0) is 19.6. The number of nitrogens with two attached hydrogens (primary N) is 1. The average Bonchev–Trinajstić information content (AvgIpc) is 2.65. The average molecular weight is 377 g/mol. The minimum absolute atomic E-state index is 0.0547. The number of rotatable bonds is 3. The molecule has 3 N–H and O–H groups in total. The minimum Gasteiger partial charge on any atom is -0.398 e. The smallest absolute Gasteiger partial charge is 0.398 e. The van der Waals surface area contributed by atoms with Crippen molar-refractivity contribution in [2.75, 3.05) is 23.7 Å². The largest absolute Gasteiger partial charge is 0.416 e. The van der Waals surface area contributed by atoms with Gasteiger partial charge in [0.15, 0.2) is 0 Å². The van der Waals surface area contributed by atoms with Crippen LogP contribution in [0, 0.1) is 0 Å². The van der Waals surface area contributed by atoms with Gasteiger partial charge in [0.2, 0.25) is 5.91 Å².